The van der Waals surface area contributed by atoms with Gasteiger partial charge in [-0.25, -0.2) is 0 Å². The largest absolute Gasteiger partial charge is 0.489 e. The van der Waals surface area contributed by atoms with E-state index in [1.807, 2.05) is 12.1 Å². The van der Waals surface area contributed by atoms with Crippen LogP contribution in [0.2, 0.25) is 0 Å². The molecule has 0 aromatic carbocycles. The van der Waals surface area contributed by atoms with Crippen molar-refractivity contribution < 1.29 is 14.3 Å². The lowest BCUT2D eigenvalue weighted by molar-refractivity contribution is -0.134. The standard InChI is InChI=1S/C21H30N2O3/c24-20(12-17-4-1-2-5-17)23-10-7-21(8-11-23)13-19(26-16-21)15-25-18-6-3-9-22-14-18/h3,6,9,14,17,19H,1-2,4-5,7-8,10-13,15-16H2/t19-/m0/s1. The normalized spacial score (nSPS) is 25.7. The molecular formula is C21H30N2O3. The van der Waals surface area contributed by atoms with Gasteiger partial charge in [-0.1, -0.05) is 12.8 Å². The van der Waals surface area contributed by atoms with Crippen molar-refractivity contribution in [3.63, 3.8) is 0 Å². The van der Waals surface area contributed by atoms with Crippen LogP contribution in [0.5, 0.6) is 5.75 Å². The number of likely N-dealkylation sites (tertiary alicyclic amines) is 1. The van der Waals surface area contributed by atoms with E-state index in [1.165, 1.54) is 25.7 Å². The lowest BCUT2D eigenvalue weighted by Gasteiger charge is -2.38. The predicted molar refractivity (Wildman–Crippen MR) is 98.9 cm³/mol. The fourth-order valence-corrected chi connectivity index (χ4v) is 4.79. The maximum Gasteiger partial charge on any atom is 0.222 e. The average Bonchev–Trinajstić information content (AvgIpc) is 3.32. The van der Waals surface area contributed by atoms with E-state index in [4.69, 9.17) is 9.47 Å². The number of carbonyl (C=O) groups is 1. The monoisotopic (exact) mass is 358 g/mol. The SMILES string of the molecule is O=C(CC1CCCC1)N1CCC2(CC1)CO[C@H](COc1cccnc1)C2. The van der Waals surface area contributed by atoms with Gasteiger partial charge in [0.2, 0.25) is 5.91 Å². The van der Waals surface area contributed by atoms with Gasteiger partial charge in [0.15, 0.2) is 0 Å². The van der Waals surface area contributed by atoms with E-state index < -0.39 is 0 Å². The third-order valence-electron chi connectivity index (χ3n) is 6.47. The molecule has 1 amide bonds. The molecule has 0 radical (unpaired) electrons. The second-order valence-corrected chi connectivity index (χ2v) is 8.37. The fourth-order valence-electron chi connectivity index (χ4n) is 4.79. The Morgan fingerprint density at radius 2 is 2.12 bits per heavy atom. The van der Waals surface area contributed by atoms with Crippen molar-refractivity contribution in [1.82, 2.24) is 9.88 Å². The molecule has 1 atom stereocenters. The molecule has 0 unspecified atom stereocenters. The molecule has 142 valence electrons. The summed E-state index contributed by atoms with van der Waals surface area (Å²) in [6.45, 7) is 3.17. The van der Waals surface area contributed by atoms with E-state index in [1.54, 1.807) is 12.4 Å². The predicted octanol–water partition coefficient (Wildman–Crippen LogP) is 3.44. The van der Waals surface area contributed by atoms with Crippen molar-refractivity contribution in [2.24, 2.45) is 11.3 Å². The Balaban J connectivity index is 1.22. The smallest absolute Gasteiger partial charge is 0.222 e. The quantitative estimate of drug-likeness (QED) is 0.809. The Morgan fingerprint density at radius 3 is 2.85 bits per heavy atom. The number of carbonyl (C=O) groups excluding carboxylic acids is 1. The zero-order valence-electron chi connectivity index (χ0n) is 15.6. The van der Waals surface area contributed by atoms with E-state index in [2.05, 4.69) is 9.88 Å². The highest BCUT2D eigenvalue weighted by Crippen LogP contribution is 2.42. The van der Waals surface area contributed by atoms with Crippen molar-refractivity contribution in [3.05, 3.63) is 24.5 Å². The van der Waals surface area contributed by atoms with Crippen LogP contribution >= 0.6 is 0 Å². The zero-order valence-corrected chi connectivity index (χ0v) is 15.6. The molecule has 26 heavy (non-hydrogen) atoms. The molecule has 3 fully saturated rings. The highest BCUT2D eigenvalue weighted by molar-refractivity contribution is 5.76. The van der Waals surface area contributed by atoms with Crippen molar-refractivity contribution in [3.8, 4) is 5.75 Å². The van der Waals surface area contributed by atoms with Crippen molar-refractivity contribution >= 4 is 5.91 Å². The molecule has 2 saturated heterocycles. The van der Waals surface area contributed by atoms with Gasteiger partial charge in [0.25, 0.3) is 0 Å². The molecule has 0 bridgehead atoms. The third kappa shape index (κ3) is 4.20. The minimum absolute atomic E-state index is 0.149. The van der Waals surface area contributed by atoms with Crippen LogP contribution in [0, 0.1) is 11.3 Å². The first-order chi connectivity index (χ1) is 12.7. The van der Waals surface area contributed by atoms with Crippen LogP contribution in [0.4, 0.5) is 0 Å². The summed E-state index contributed by atoms with van der Waals surface area (Å²) in [5.41, 5.74) is 0.243. The number of pyridine rings is 1. The third-order valence-corrected chi connectivity index (χ3v) is 6.47. The molecule has 3 heterocycles. The van der Waals surface area contributed by atoms with Crippen LogP contribution in [-0.4, -0.2) is 48.2 Å². The molecule has 5 heteroatoms. The highest BCUT2D eigenvalue weighted by atomic mass is 16.5. The van der Waals surface area contributed by atoms with Gasteiger partial charge in [0.05, 0.1) is 18.9 Å². The maximum atomic E-state index is 12.5. The molecule has 5 nitrogen and oxygen atoms in total. The van der Waals surface area contributed by atoms with E-state index in [0.29, 0.717) is 18.4 Å². The van der Waals surface area contributed by atoms with E-state index >= 15 is 0 Å². The van der Waals surface area contributed by atoms with Gasteiger partial charge >= 0.3 is 0 Å². The number of ether oxygens (including phenoxy) is 2. The molecule has 1 spiro atoms. The number of rotatable bonds is 5. The first-order valence-corrected chi connectivity index (χ1v) is 10.1. The Hall–Kier alpha value is -1.62. The number of hydrogen-bond acceptors (Lipinski definition) is 4. The maximum absolute atomic E-state index is 12.5. The lowest BCUT2D eigenvalue weighted by atomic mass is 9.76. The number of hydrogen-bond donors (Lipinski definition) is 0. The molecular weight excluding hydrogens is 328 g/mol. The number of piperidine rings is 1. The van der Waals surface area contributed by atoms with Crippen LogP contribution in [-0.2, 0) is 9.53 Å². The van der Waals surface area contributed by atoms with E-state index in [-0.39, 0.29) is 11.5 Å². The Kier molecular flexibility index (Phi) is 5.44. The lowest BCUT2D eigenvalue weighted by Crippen LogP contribution is -2.44. The summed E-state index contributed by atoms with van der Waals surface area (Å²) in [4.78, 5) is 18.7. The van der Waals surface area contributed by atoms with Crippen molar-refractivity contribution in [2.45, 2.75) is 57.5 Å². The van der Waals surface area contributed by atoms with Crippen LogP contribution in [0.15, 0.2) is 24.5 Å². The average molecular weight is 358 g/mol. The first-order valence-electron chi connectivity index (χ1n) is 10.1. The second-order valence-electron chi connectivity index (χ2n) is 8.37. The molecule has 1 aromatic rings. The minimum Gasteiger partial charge on any atom is -0.489 e. The molecule has 3 aliphatic rings. The van der Waals surface area contributed by atoms with Gasteiger partial charge in [-0.05, 0) is 55.6 Å². The Labute approximate surface area is 156 Å². The molecule has 2 aliphatic heterocycles. The molecule has 1 aromatic heterocycles. The van der Waals surface area contributed by atoms with Crippen molar-refractivity contribution in [1.29, 1.82) is 0 Å². The van der Waals surface area contributed by atoms with Gasteiger partial charge in [0, 0.05) is 25.7 Å². The van der Waals surface area contributed by atoms with Gasteiger partial charge in [0.1, 0.15) is 12.4 Å². The highest BCUT2D eigenvalue weighted by Gasteiger charge is 2.43. The van der Waals surface area contributed by atoms with Gasteiger partial charge < -0.3 is 14.4 Å². The Bertz CT molecular complexity index is 593. The summed E-state index contributed by atoms with van der Waals surface area (Å²) in [7, 11) is 0. The molecule has 1 saturated carbocycles. The minimum atomic E-state index is 0.149. The Morgan fingerprint density at radius 1 is 1.31 bits per heavy atom. The van der Waals surface area contributed by atoms with Gasteiger partial charge in [-0.3, -0.25) is 9.78 Å². The topological polar surface area (TPSA) is 51.7 Å². The summed E-state index contributed by atoms with van der Waals surface area (Å²) in [5, 5.41) is 0. The van der Waals surface area contributed by atoms with E-state index in [9.17, 15) is 4.79 Å². The molecule has 0 N–H and O–H groups in total. The number of nitrogens with zero attached hydrogens (tertiary/aromatic N) is 2. The van der Waals surface area contributed by atoms with Gasteiger partial charge in [-0.2, -0.15) is 0 Å². The van der Waals surface area contributed by atoms with Crippen LogP contribution in [0.1, 0.15) is 51.4 Å². The first kappa shape index (κ1) is 17.8. The van der Waals surface area contributed by atoms with E-state index in [0.717, 1.165) is 51.1 Å². The van der Waals surface area contributed by atoms with Crippen LogP contribution in [0.25, 0.3) is 0 Å². The summed E-state index contributed by atoms with van der Waals surface area (Å²) in [5.74, 6) is 1.81. The molecule has 4 rings (SSSR count). The number of amides is 1. The summed E-state index contributed by atoms with van der Waals surface area (Å²) >= 11 is 0. The van der Waals surface area contributed by atoms with Crippen LogP contribution in [0.3, 0.4) is 0 Å². The molecule has 1 aliphatic carbocycles. The fraction of sp³-hybridized carbons (Fsp3) is 0.714. The summed E-state index contributed by atoms with van der Waals surface area (Å²) < 4.78 is 11.8. The zero-order chi connectivity index (χ0) is 17.8. The van der Waals surface area contributed by atoms with Crippen molar-refractivity contribution in [2.75, 3.05) is 26.3 Å². The second kappa shape index (κ2) is 7.95. The summed E-state index contributed by atoms with van der Waals surface area (Å²) in [6, 6.07) is 3.80. The van der Waals surface area contributed by atoms with Gasteiger partial charge in [-0.15, -0.1) is 0 Å². The summed E-state index contributed by atoms with van der Waals surface area (Å²) in [6.07, 6.45) is 12.7. The number of aromatic nitrogens is 1. The van der Waals surface area contributed by atoms with Crippen LogP contribution < -0.4 is 4.74 Å².